The Hall–Kier alpha value is -1.59. The summed E-state index contributed by atoms with van der Waals surface area (Å²) in [4.78, 5) is 12.1. The third-order valence-electron chi connectivity index (χ3n) is 3.58. The monoisotopic (exact) mass is 265 g/mol. The number of amides is 1. The molecule has 1 saturated carbocycles. The number of rotatable bonds is 4. The number of carbonyl (C=O) groups excluding carboxylic acids is 1. The van der Waals surface area contributed by atoms with Gasteiger partial charge in [-0.05, 0) is 25.0 Å². The van der Waals surface area contributed by atoms with Crippen LogP contribution in [0.15, 0.2) is 24.3 Å². The third-order valence-corrected chi connectivity index (χ3v) is 3.58. The van der Waals surface area contributed by atoms with Crippen LogP contribution >= 0.6 is 0 Å². The molecule has 104 valence electrons. The summed E-state index contributed by atoms with van der Waals surface area (Å²) >= 11 is 0. The predicted octanol–water partition coefficient (Wildman–Crippen LogP) is 0.557. The van der Waals surface area contributed by atoms with Crippen molar-refractivity contribution in [3.63, 3.8) is 0 Å². The molecule has 1 aliphatic rings. The highest BCUT2D eigenvalue weighted by atomic mass is 16.5. The molecule has 19 heavy (non-hydrogen) atoms. The average Bonchev–Trinajstić information content (AvgIpc) is 2.78. The fraction of sp³-hybridized carbons (Fsp3) is 0.500. The van der Waals surface area contributed by atoms with Crippen molar-refractivity contribution in [3.8, 4) is 5.75 Å². The summed E-state index contributed by atoms with van der Waals surface area (Å²) in [5.41, 5.74) is 0.479. The van der Waals surface area contributed by atoms with Gasteiger partial charge in [-0.2, -0.15) is 0 Å². The van der Waals surface area contributed by atoms with E-state index < -0.39 is 6.10 Å². The minimum Gasteiger partial charge on any atom is -0.496 e. The summed E-state index contributed by atoms with van der Waals surface area (Å²) in [6.07, 6.45) is 0.526. The Kier molecular flexibility index (Phi) is 4.39. The number of ether oxygens (including phenoxy) is 1. The van der Waals surface area contributed by atoms with Crippen molar-refractivity contribution in [2.45, 2.75) is 25.0 Å². The highest BCUT2D eigenvalue weighted by Crippen LogP contribution is 2.26. The van der Waals surface area contributed by atoms with E-state index in [1.807, 2.05) is 0 Å². The van der Waals surface area contributed by atoms with Crippen molar-refractivity contribution >= 4 is 5.91 Å². The molecule has 2 rings (SSSR count). The number of hydrogen-bond acceptors (Lipinski definition) is 4. The van der Waals surface area contributed by atoms with Gasteiger partial charge in [0.1, 0.15) is 5.75 Å². The summed E-state index contributed by atoms with van der Waals surface area (Å²) in [7, 11) is 1.52. The van der Waals surface area contributed by atoms with Gasteiger partial charge in [0, 0.05) is 18.6 Å². The molecular weight excluding hydrogens is 246 g/mol. The van der Waals surface area contributed by atoms with E-state index in [1.54, 1.807) is 24.3 Å². The highest BCUT2D eigenvalue weighted by Gasteiger charge is 2.33. The Labute approximate surface area is 112 Å². The zero-order chi connectivity index (χ0) is 13.8. The normalized spacial score (nSPS) is 26.2. The van der Waals surface area contributed by atoms with Gasteiger partial charge in [0.15, 0.2) is 0 Å². The van der Waals surface area contributed by atoms with Crippen molar-refractivity contribution in [2.75, 3.05) is 13.7 Å². The Morgan fingerprint density at radius 3 is 2.79 bits per heavy atom. The summed E-state index contributed by atoms with van der Waals surface area (Å²) < 4.78 is 5.14. The molecule has 1 aromatic rings. The molecule has 5 heteroatoms. The van der Waals surface area contributed by atoms with Crippen LogP contribution in [-0.2, 0) is 0 Å². The molecule has 1 aromatic carbocycles. The van der Waals surface area contributed by atoms with Crippen molar-refractivity contribution in [1.29, 1.82) is 0 Å². The van der Waals surface area contributed by atoms with Crippen LogP contribution in [0.4, 0.5) is 0 Å². The molecule has 3 atom stereocenters. The van der Waals surface area contributed by atoms with Crippen LogP contribution in [0.5, 0.6) is 5.75 Å². The molecule has 0 saturated heterocycles. The molecule has 0 bridgehead atoms. The third kappa shape index (κ3) is 3.05. The zero-order valence-corrected chi connectivity index (χ0v) is 10.9. The van der Waals surface area contributed by atoms with Crippen LogP contribution in [0.1, 0.15) is 23.2 Å². The fourth-order valence-electron chi connectivity index (χ4n) is 2.51. The molecule has 0 spiro atoms. The van der Waals surface area contributed by atoms with Crippen LogP contribution in [0.3, 0.4) is 0 Å². The molecular formula is C14H19NO4. The Morgan fingerprint density at radius 1 is 1.42 bits per heavy atom. The zero-order valence-electron chi connectivity index (χ0n) is 10.9. The number of para-hydroxylation sites is 1. The van der Waals surface area contributed by atoms with Gasteiger partial charge in [0.05, 0.1) is 18.8 Å². The van der Waals surface area contributed by atoms with Crippen LogP contribution in [0.2, 0.25) is 0 Å². The molecule has 0 heterocycles. The maximum absolute atomic E-state index is 12.1. The second-order valence-electron chi connectivity index (χ2n) is 4.85. The lowest BCUT2D eigenvalue weighted by Crippen LogP contribution is -2.33. The van der Waals surface area contributed by atoms with E-state index in [0.29, 0.717) is 24.2 Å². The molecule has 3 N–H and O–H groups in total. The van der Waals surface area contributed by atoms with E-state index >= 15 is 0 Å². The van der Waals surface area contributed by atoms with E-state index in [9.17, 15) is 9.90 Å². The number of aliphatic hydroxyl groups is 2. The highest BCUT2D eigenvalue weighted by molar-refractivity contribution is 5.97. The number of aliphatic hydroxyl groups excluding tert-OH is 2. The lowest BCUT2D eigenvalue weighted by molar-refractivity contribution is 0.0903. The molecule has 1 fully saturated rings. The summed E-state index contributed by atoms with van der Waals surface area (Å²) in [5.74, 6) is 0.161. The maximum atomic E-state index is 12.1. The Balaban J connectivity index is 2.02. The first kappa shape index (κ1) is 13.8. The minimum atomic E-state index is -0.548. The smallest absolute Gasteiger partial charge is 0.255 e. The molecule has 0 unspecified atom stereocenters. The van der Waals surface area contributed by atoms with Gasteiger partial charge >= 0.3 is 0 Å². The topological polar surface area (TPSA) is 78.8 Å². The second kappa shape index (κ2) is 6.04. The van der Waals surface area contributed by atoms with Gasteiger partial charge in [-0.25, -0.2) is 0 Å². The Bertz CT molecular complexity index is 449. The van der Waals surface area contributed by atoms with Crippen LogP contribution in [0.25, 0.3) is 0 Å². The van der Waals surface area contributed by atoms with Crippen molar-refractivity contribution < 1.29 is 19.7 Å². The van der Waals surface area contributed by atoms with E-state index in [0.717, 1.165) is 0 Å². The molecule has 1 amide bonds. The number of carbonyl (C=O) groups is 1. The van der Waals surface area contributed by atoms with Gasteiger partial charge in [-0.15, -0.1) is 0 Å². The van der Waals surface area contributed by atoms with Crippen molar-refractivity contribution in [1.82, 2.24) is 5.32 Å². The number of benzene rings is 1. The van der Waals surface area contributed by atoms with Crippen LogP contribution < -0.4 is 10.1 Å². The van der Waals surface area contributed by atoms with Gasteiger partial charge in [0.25, 0.3) is 5.91 Å². The minimum absolute atomic E-state index is 0.0534. The van der Waals surface area contributed by atoms with Gasteiger partial charge in [-0.1, -0.05) is 12.1 Å². The number of methoxy groups -OCH3 is 1. The van der Waals surface area contributed by atoms with E-state index in [-0.39, 0.29) is 24.5 Å². The molecule has 0 aromatic heterocycles. The van der Waals surface area contributed by atoms with Gasteiger partial charge < -0.3 is 20.3 Å². The summed E-state index contributed by atoms with van der Waals surface area (Å²) in [5, 5.41) is 21.7. The summed E-state index contributed by atoms with van der Waals surface area (Å²) in [6.45, 7) is -0.0534. The van der Waals surface area contributed by atoms with Gasteiger partial charge in [-0.3, -0.25) is 4.79 Å². The fourth-order valence-corrected chi connectivity index (χ4v) is 2.51. The van der Waals surface area contributed by atoms with Crippen LogP contribution in [-0.4, -0.2) is 42.0 Å². The van der Waals surface area contributed by atoms with Gasteiger partial charge in [0.2, 0.25) is 0 Å². The second-order valence-corrected chi connectivity index (χ2v) is 4.85. The average molecular weight is 265 g/mol. The first-order valence-electron chi connectivity index (χ1n) is 6.38. The SMILES string of the molecule is COc1ccccc1C(=O)N[C@H]1C[C@@H](CO)[C@@H](O)C1. The van der Waals surface area contributed by atoms with E-state index in [4.69, 9.17) is 9.84 Å². The lowest BCUT2D eigenvalue weighted by atomic mass is 10.1. The predicted molar refractivity (Wildman–Crippen MR) is 70.1 cm³/mol. The number of nitrogens with one attached hydrogen (secondary N) is 1. The molecule has 0 aliphatic heterocycles. The van der Waals surface area contributed by atoms with E-state index in [2.05, 4.69) is 5.32 Å². The van der Waals surface area contributed by atoms with E-state index in [1.165, 1.54) is 7.11 Å². The molecule has 5 nitrogen and oxygen atoms in total. The van der Waals surface area contributed by atoms with Crippen LogP contribution in [0, 0.1) is 5.92 Å². The Morgan fingerprint density at radius 2 is 2.16 bits per heavy atom. The maximum Gasteiger partial charge on any atom is 0.255 e. The first-order valence-corrected chi connectivity index (χ1v) is 6.38. The lowest BCUT2D eigenvalue weighted by Gasteiger charge is -2.14. The number of hydrogen-bond donors (Lipinski definition) is 3. The summed E-state index contributed by atoms with van der Waals surface area (Å²) in [6, 6.07) is 6.90. The quantitative estimate of drug-likeness (QED) is 0.743. The van der Waals surface area contributed by atoms with Crippen molar-refractivity contribution in [2.24, 2.45) is 5.92 Å². The van der Waals surface area contributed by atoms with Crippen molar-refractivity contribution in [3.05, 3.63) is 29.8 Å². The molecule has 1 aliphatic carbocycles. The largest absolute Gasteiger partial charge is 0.496 e. The standard InChI is InChI=1S/C14H19NO4/c1-19-13-5-3-2-4-11(13)14(18)15-10-6-9(8-16)12(17)7-10/h2-5,9-10,12,16-17H,6-8H2,1H3,(H,15,18)/t9-,10-,12-/m0/s1. The first-order chi connectivity index (χ1) is 9.15. The molecule has 0 radical (unpaired) electrons.